The van der Waals surface area contributed by atoms with Gasteiger partial charge in [-0.25, -0.2) is 9.79 Å². The number of likely N-dealkylation sites (N-methyl/N-ethyl adjacent to an activating group) is 1. The Morgan fingerprint density at radius 1 is 1.60 bits per heavy atom. The molecule has 3 amide bonds. The van der Waals surface area contributed by atoms with E-state index in [2.05, 4.69) is 10.3 Å². The third-order valence-electron chi connectivity index (χ3n) is 2.26. The van der Waals surface area contributed by atoms with Crippen LogP contribution in [-0.2, 0) is 4.79 Å². The van der Waals surface area contributed by atoms with E-state index in [1.807, 2.05) is 6.20 Å². The van der Waals surface area contributed by atoms with Crippen LogP contribution in [0.15, 0.2) is 16.9 Å². The number of amides is 3. The van der Waals surface area contributed by atoms with Gasteiger partial charge in [0.2, 0.25) is 0 Å². The van der Waals surface area contributed by atoms with E-state index in [4.69, 9.17) is 0 Å². The molecule has 0 aliphatic carbocycles. The fourth-order valence-electron chi connectivity index (χ4n) is 1.45. The van der Waals surface area contributed by atoms with Crippen LogP contribution in [0.1, 0.15) is 6.42 Å². The van der Waals surface area contributed by atoms with Crippen molar-refractivity contribution in [2.75, 3.05) is 7.05 Å². The van der Waals surface area contributed by atoms with E-state index >= 15 is 0 Å². The molecule has 0 radical (unpaired) electrons. The number of rotatable bonds is 2. The molecule has 0 bridgehead atoms. The molecule has 0 spiro atoms. The summed E-state index contributed by atoms with van der Waals surface area (Å²) in [6.45, 7) is 0. The van der Waals surface area contributed by atoms with Crippen molar-refractivity contribution >= 4 is 18.3 Å². The maximum Gasteiger partial charge on any atom is 0.324 e. The maximum absolute atomic E-state index is 11.5. The summed E-state index contributed by atoms with van der Waals surface area (Å²) in [4.78, 5) is 27.7. The molecule has 6 nitrogen and oxygen atoms in total. The molecule has 1 saturated heterocycles. The molecule has 7 heteroatoms. The minimum atomic E-state index is -0.456. The Hall–Kier alpha value is -1.40. The summed E-state index contributed by atoms with van der Waals surface area (Å²) in [5.41, 5.74) is 0.818. The van der Waals surface area contributed by atoms with E-state index < -0.39 is 6.04 Å². The molecule has 3 N–H and O–H groups in total. The first kappa shape index (κ1) is 11.7. The number of carbonyl (C=O) groups is 2. The molecular formula is C8H11ClN4O2. The van der Waals surface area contributed by atoms with Crippen molar-refractivity contribution in [1.82, 2.24) is 10.2 Å². The first-order valence-corrected chi connectivity index (χ1v) is 4.33. The SMILES string of the molecule is CN1C(=O)N[C@@H](CC2=C[NH2+]C=N2)C1=O.[Cl-]. The second-order valence-electron chi connectivity index (χ2n) is 3.23. The van der Waals surface area contributed by atoms with Crippen molar-refractivity contribution < 1.29 is 27.3 Å². The largest absolute Gasteiger partial charge is 1.00 e. The molecule has 0 unspecified atom stereocenters. The van der Waals surface area contributed by atoms with Crippen LogP contribution in [0.5, 0.6) is 0 Å². The Morgan fingerprint density at radius 2 is 2.33 bits per heavy atom. The lowest BCUT2D eigenvalue weighted by molar-refractivity contribution is -0.447. The molecule has 0 aromatic carbocycles. The van der Waals surface area contributed by atoms with Gasteiger partial charge in [-0.1, -0.05) is 0 Å². The van der Waals surface area contributed by atoms with E-state index in [9.17, 15) is 9.59 Å². The highest BCUT2D eigenvalue weighted by Gasteiger charge is 2.35. The number of carbonyl (C=O) groups excluding carboxylic acids is 2. The number of hydrogen-bond donors (Lipinski definition) is 2. The van der Waals surface area contributed by atoms with Crippen LogP contribution in [0, 0.1) is 0 Å². The second kappa shape index (κ2) is 4.41. The van der Waals surface area contributed by atoms with Crippen molar-refractivity contribution in [3.05, 3.63) is 11.9 Å². The van der Waals surface area contributed by atoms with Gasteiger partial charge in [-0.15, -0.1) is 0 Å². The maximum atomic E-state index is 11.5. The zero-order chi connectivity index (χ0) is 10.1. The average molecular weight is 231 g/mol. The molecule has 1 atom stereocenters. The van der Waals surface area contributed by atoms with Crippen LogP contribution in [0.3, 0.4) is 0 Å². The van der Waals surface area contributed by atoms with Crippen LogP contribution < -0.4 is 23.0 Å². The molecule has 15 heavy (non-hydrogen) atoms. The summed E-state index contributed by atoms with van der Waals surface area (Å²) in [5, 5.41) is 4.39. The summed E-state index contributed by atoms with van der Waals surface area (Å²) in [5.74, 6) is -0.196. The van der Waals surface area contributed by atoms with Gasteiger partial charge in [-0.2, -0.15) is 0 Å². The van der Waals surface area contributed by atoms with Crippen LogP contribution in [0.4, 0.5) is 4.79 Å². The van der Waals surface area contributed by atoms with Crippen LogP contribution in [0.2, 0.25) is 0 Å². The molecule has 2 aliphatic heterocycles. The van der Waals surface area contributed by atoms with E-state index in [-0.39, 0.29) is 24.3 Å². The van der Waals surface area contributed by atoms with Gasteiger partial charge in [0.25, 0.3) is 5.91 Å². The van der Waals surface area contributed by atoms with Crippen molar-refractivity contribution in [2.24, 2.45) is 4.99 Å². The third-order valence-corrected chi connectivity index (χ3v) is 2.26. The third kappa shape index (κ3) is 2.16. The number of aliphatic imine (C=N–C) groups is 1. The normalized spacial score (nSPS) is 23.9. The minimum absolute atomic E-state index is 0. The number of nitrogens with one attached hydrogen (secondary N) is 1. The number of quaternary nitrogens is 1. The Balaban J connectivity index is 0.00000112. The zero-order valence-corrected chi connectivity index (χ0v) is 8.86. The van der Waals surface area contributed by atoms with Gasteiger partial charge < -0.3 is 17.7 Å². The summed E-state index contributed by atoms with van der Waals surface area (Å²) >= 11 is 0. The van der Waals surface area contributed by atoms with Gasteiger partial charge in [0.15, 0.2) is 6.34 Å². The van der Waals surface area contributed by atoms with E-state index in [1.165, 1.54) is 7.05 Å². The Morgan fingerprint density at radius 3 is 2.80 bits per heavy atom. The summed E-state index contributed by atoms with van der Waals surface area (Å²) in [6.07, 6.45) is 3.96. The smallest absolute Gasteiger partial charge is 0.324 e. The summed E-state index contributed by atoms with van der Waals surface area (Å²) < 4.78 is 0. The molecule has 0 aromatic heterocycles. The van der Waals surface area contributed by atoms with Gasteiger partial charge in [0.1, 0.15) is 17.9 Å². The highest BCUT2D eigenvalue weighted by atomic mass is 35.5. The predicted octanol–water partition coefficient (Wildman–Crippen LogP) is -4.62. The highest BCUT2D eigenvalue weighted by molar-refractivity contribution is 6.03. The quantitative estimate of drug-likeness (QED) is 0.468. The number of halogens is 1. The number of imide groups is 1. The molecule has 82 valence electrons. The van der Waals surface area contributed by atoms with Crippen molar-refractivity contribution in [1.29, 1.82) is 0 Å². The molecule has 2 aliphatic rings. The fraction of sp³-hybridized carbons (Fsp3) is 0.375. The van der Waals surface area contributed by atoms with E-state index in [0.29, 0.717) is 6.42 Å². The van der Waals surface area contributed by atoms with Gasteiger partial charge in [-0.3, -0.25) is 15.0 Å². The fourth-order valence-corrected chi connectivity index (χ4v) is 1.45. The monoisotopic (exact) mass is 230 g/mol. The van der Waals surface area contributed by atoms with Crippen LogP contribution in [-0.4, -0.2) is 36.3 Å². The van der Waals surface area contributed by atoms with E-state index in [1.54, 1.807) is 11.7 Å². The zero-order valence-electron chi connectivity index (χ0n) is 8.11. The lowest BCUT2D eigenvalue weighted by Gasteiger charge is -2.05. The van der Waals surface area contributed by atoms with E-state index in [0.717, 1.165) is 10.6 Å². The van der Waals surface area contributed by atoms with Gasteiger partial charge in [0, 0.05) is 13.5 Å². The van der Waals surface area contributed by atoms with Crippen LogP contribution >= 0.6 is 0 Å². The van der Waals surface area contributed by atoms with Crippen LogP contribution in [0.25, 0.3) is 0 Å². The lowest BCUT2D eigenvalue weighted by Crippen LogP contribution is -3.00. The molecule has 2 rings (SSSR count). The standard InChI is InChI=1S/C8H10N4O2.ClH/c1-12-7(13)6(11-8(12)14)2-5-3-9-4-10-5;/h3-4,6H,2H2,1H3,(H,9,10)(H,11,14);1H/t6-;/m0./s1. The lowest BCUT2D eigenvalue weighted by atomic mass is 10.2. The van der Waals surface area contributed by atoms with Gasteiger partial charge >= 0.3 is 6.03 Å². The molecular weight excluding hydrogens is 220 g/mol. The molecule has 1 fully saturated rings. The van der Waals surface area contributed by atoms with Crippen molar-refractivity contribution in [3.8, 4) is 0 Å². The first-order chi connectivity index (χ1) is 6.68. The Kier molecular flexibility index (Phi) is 3.43. The summed E-state index contributed by atoms with van der Waals surface area (Å²) in [7, 11) is 1.47. The number of hydrogen-bond acceptors (Lipinski definition) is 3. The topological polar surface area (TPSA) is 78.4 Å². The number of urea groups is 1. The number of nitrogens with two attached hydrogens (primary N) is 1. The minimum Gasteiger partial charge on any atom is -1.00 e. The van der Waals surface area contributed by atoms with Crippen molar-refractivity contribution in [3.63, 3.8) is 0 Å². The Labute approximate surface area is 92.8 Å². The van der Waals surface area contributed by atoms with Gasteiger partial charge in [0.05, 0.1) is 0 Å². The van der Waals surface area contributed by atoms with Gasteiger partial charge in [-0.05, 0) is 0 Å². The molecule has 2 heterocycles. The molecule has 0 saturated carbocycles. The highest BCUT2D eigenvalue weighted by Crippen LogP contribution is 2.13. The van der Waals surface area contributed by atoms with Crippen molar-refractivity contribution in [2.45, 2.75) is 12.5 Å². The second-order valence-corrected chi connectivity index (χ2v) is 3.23. The predicted molar refractivity (Wildman–Crippen MR) is 48.2 cm³/mol. The number of nitrogens with zero attached hydrogens (tertiary/aromatic N) is 2. The first-order valence-electron chi connectivity index (χ1n) is 4.33. The average Bonchev–Trinajstić information content (AvgIpc) is 2.73. The Bertz CT molecular complexity index is 353. The molecule has 0 aromatic rings. The summed E-state index contributed by atoms with van der Waals surface area (Å²) in [6, 6.07) is -0.797.